The molecule has 18 heavy (non-hydrogen) atoms. The number of rotatable bonds is 5. The van der Waals surface area contributed by atoms with Crippen molar-refractivity contribution < 1.29 is 5.11 Å². The molecule has 0 atom stereocenters. The predicted octanol–water partition coefficient (Wildman–Crippen LogP) is 3.44. The maximum absolute atomic E-state index is 8.89. The average molecular weight is 245 g/mol. The van der Waals surface area contributed by atoms with E-state index in [1.54, 1.807) is 0 Å². The van der Waals surface area contributed by atoms with Crippen LogP contribution in [0.3, 0.4) is 0 Å². The molecular weight excluding hydrogens is 222 g/mol. The van der Waals surface area contributed by atoms with Crippen LogP contribution in [0, 0.1) is 5.92 Å². The molecule has 1 aliphatic rings. The topological polar surface area (TPSA) is 32.6 Å². The van der Waals surface area contributed by atoms with Crippen LogP contribution in [0.15, 0.2) is 35.3 Å². The van der Waals surface area contributed by atoms with Crippen LogP contribution < -0.4 is 0 Å². The highest BCUT2D eigenvalue weighted by molar-refractivity contribution is 6.02. The van der Waals surface area contributed by atoms with Crippen molar-refractivity contribution in [3.8, 4) is 0 Å². The van der Waals surface area contributed by atoms with Gasteiger partial charge in [-0.2, -0.15) is 0 Å². The standard InChI is InChI=1S/C16H23NO/c18-13-7-12-17-16(14-8-3-1-4-9-14)15-10-5-2-6-11-15/h1,3-4,8-9,15,18H,2,5-7,10-13H2/b17-16-. The van der Waals surface area contributed by atoms with Crippen molar-refractivity contribution in [2.24, 2.45) is 10.9 Å². The van der Waals surface area contributed by atoms with Crippen LogP contribution in [0.5, 0.6) is 0 Å². The summed E-state index contributed by atoms with van der Waals surface area (Å²) in [6.45, 7) is 0.980. The molecule has 1 fully saturated rings. The monoisotopic (exact) mass is 245 g/mol. The molecule has 1 aliphatic carbocycles. The SMILES string of the molecule is OCCC/N=C(/c1ccccc1)C1CCCCC1. The van der Waals surface area contributed by atoms with Crippen molar-refractivity contribution >= 4 is 5.71 Å². The molecule has 0 bridgehead atoms. The normalized spacial score (nSPS) is 17.9. The lowest BCUT2D eigenvalue weighted by molar-refractivity contribution is 0.291. The highest BCUT2D eigenvalue weighted by Crippen LogP contribution is 2.27. The molecule has 0 heterocycles. The largest absolute Gasteiger partial charge is 0.396 e. The highest BCUT2D eigenvalue weighted by Gasteiger charge is 2.20. The Kier molecular flexibility index (Phi) is 5.40. The van der Waals surface area contributed by atoms with Gasteiger partial charge in [-0.25, -0.2) is 0 Å². The minimum absolute atomic E-state index is 0.232. The first-order valence-corrected chi connectivity index (χ1v) is 7.12. The second-order valence-electron chi connectivity index (χ2n) is 5.05. The Hall–Kier alpha value is -1.15. The minimum atomic E-state index is 0.232. The predicted molar refractivity (Wildman–Crippen MR) is 76.1 cm³/mol. The molecule has 0 aromatic heterocycles. The molecule has 1 aromatic rings. The third-order valence-corrected chi connectivity index (χ3v) is 3.66. The van der Waals surface area contributed by atoms with Crippen LogP contribution >= 0.6 is 0 Å². The van der Waals surface area contributed by atoms with Gasteiger partial charge in [0.2, 0.25) is 0 Å². The van der Waals surface area contributed by atoms with Gasteiger partial charge in [0.25, 0.3) is 0 Å². The zero-order valence-electron chi connectivity index (χ0n) is 11.0. The summed E-state index contributed by atoms with van der Waals surface area (Å²) in [6, 6.07) is 10.5. The molecule has 2 rings (SSSR count). The molecule has 1 aromatic carbocycles. The first-order valence-electron chi connectivity index (χ1n) is 7.12. The van der Waals surface area contributed by atoms with Crippen LogP contribution in [0.1, 0.15) is 44.1 Å². The summed E-state index contributed by atoms with van der Waals surface area (Å²) < 4.78 is 0. The van der Waals surface area contributed by atoms with E-state index in [-0.39, 0.29) is 6.61 Å². The number of aliphatic hydroxyl groups is 1. The zero-order chi connectivity index (χ0) is 12.6. The van der Waals surface area contributed by atoms with Crippen molar-refractivity contribution in [3.63, 3.8) is 0 Å². The van der Waals surface area contributed by atoms with Crippen molar-refractivity contribution in [2.45, 2.75) is 38.5 Å². The van der Waals surface area contributed by atoms with E-state index in [0.717, 1.165) is 13.0 Å². The molecule has 2 nitrogen and oxygen atoms in total. The first-order chi connectivity index (χ1) is 8.92. The fourth-order valence-electron chi connectivity index (χ4n) is 2.71. The number of nitrogens with zero attached hydrogens (tertiary/aromatic N) is 1. The molecule has 1 N–H and O–H groups in total. The van der Waals surface area contributed by atoms with E-state index in [0.29, 0.717) is 5.92 Å². The summed E-state index contributed by atoms with van der Waals surface area (Å²) in [5.74, 6) is 0.625. The third kappa shape index (κ3) is 3.67. The summed E-state index contributed by atoms with van der Waals surface area (Å²) in [5, 5.41) is 8.89. The number of benzene rings is 1. The Labute approximate surface area is 110 Å². The van der Waals surface area contributed by atoms with Crippen molar-refractivity contribution in [1.82, 2.24) is 0 Å². The minimum Gasteiger partial charge on any atom is -0.396 e. The Balaban J connectivity index is 2.14. The van der Waals surface area contributed by atoms with Crippen molar-refractivity contribution in [3.05, 3.63) is 35.9 Å². The van der Waals surface area contributed by atoms with E-state index in [1.165, 1.54) is 43.4 Å². The molecule has 98 valence electrons. The molecule has 0 amide bonds. The van der Waals surface area contributed by atoms with E-state index in [9.17, 15) is 0 Å². The second-order valence-corrected chi connectivity index (χ2v) is 5.05. The summed E-state index contributed by atoms with van der Waals surface area (Å²) in [4.78, 5) is 4.76. The van der Waals surface area contributed by atoms with Gasteiger partial charge < -0.3 is 5.11 Å². The lowest BCUT2D eigenvalue weighted by Crippen LogP contribution is -2.19. The van der Waals surface area contributed by atoms with Gasteiger partial charge in [0.15, 0.2) is 0 Å². The number of aliphatic hydroxyl groups excluding tert-OH is 1. The fraction of sp³-hybridized carbons (Fsp3) is 0.562. The summed E-state index contributed by atoms with van der Waals surface area (Å²) in [6.07, 6.45) is 7.34. The van der Waals surface area contributed by atoms with Gasteiger partial charge in [0.1, 0.15) is 0 Å². The van der Waals surface area contributed by atoms with Crippen LogP contribution in [-0.4, -0.2) is 24.0 Å². The molecular formula is C16H23NO. The van der Waals surface area contributed by atoms with Gasteiger partial charge in [-0.15, -0.1) is 0 Å². The van der Waals surface area contributed by atoms with Gasteiger partial charge in [-0.3, -0.25) is 4.99 Å². The van der Waals surface area contributed by atoms with Gasteiger partial charge in [-0.1, -0.05) is 49.6 Å². The lowest BCUT2D eigenvalue weighted by atomic mass is 9.83. The summed E-state index contributed by atoms with van der Waals surface area (Å²) >= 11 is 0. The quantitative estimate of drug-likeness (QED) is 0.625. The maximum Gasteiger partial charge on any atom is 0.0451 e. The van der Waals surface area contributed by atoms with Crippen molar-refractivity contribution in [2.75, 3.05) is 13.2 Å². The second kappa shape index (κ2) is 7.32. The van der Waals surface area contributed by atoms with E-state index in [4.69, 9.17) is 10.1 Å². The molecule has 0 aliphatic heterocycles. The molecule has 2 heteroatoms. The third-order valence-electron chi connectivity index (χ3n) is 3.66. The van der Waals surface area contributed by atoms with Crippen LogP contribution in [0.25, 0.3) is 0 Å². The molecule has 1 saturated carbocycles. The maximum atomic E-state index is 8.89. The van der Waals surface area contributed by atoms with Crippen LogP contribution in [-0.2, 0) is 0 Å². The van der Waals surface area contributed by atoms with Gasteiger partial charge >= 0.3 is 0 Å². The van der Waals surface area contributed by atoms with E-state index >= 15 is 0 Å². The van der Waals surface area contributed by atoms with Crippen molar-refractivity contribution in [1.29, 1.82) is 0 Å². The highest BCUT2D eigenvalue weighted by atomic mass is 16.3. The van der Waals surface area contributed by atoms with Gasteiger partial charge in [0.05, 0.1) is 0 Å². The average Bonchev–Trinajstić information content (AvgIpc) is 2.46. The van der Waals surface area contributed by atoms with E-state index in [2.05, 4.69) is 30.3 Å². The smallest absolute Gasteiger partial charge is 0.0451 e. The number of hydrogen-bond acceptors (Lipinski definition) is 2. The summed E-state index contributed by atoms with van der Waals surface area (Å²) in [5.41, 5.74) is 2.53. The first kappa shape index (κ1) is 13.3. The molecule has 0 radical (unpaired) electrons. The zero-order valence-corrected chi connectivity index (χ0v) is 11.0. The Morgan fingerprint density at radius 3 is 2.50 bits per heavy atom. The van der Waals surface area contributed by atoms with E-state index in [1.807, 2.05) is 0 Å². The van der Waals surface area contributed by atoms with E-state index < -0.39 is 0 Å². The molecule has 0 unspecified atom stereocenters. The Morgan fingerprint density at radius 1 is 1.11 bits per heavy atom. The van der Waals surface area contributed by atoms with Gasteiger partial charge in [0, 0.05) is 24.8 Å². The van der Waals surface area contributed by atoms with Gasteiger partial charge in [-0.05, 0) is 24.8 Å². The molecule has 0 spiro atoms. The summed E-state index contributed by atoms with van der Waals surface area (Å²) in [7, 11) is 0. The number of aliphatic imine (C=N–C) groups is 1. The van der Waals surface area contributed by atoms with Crippen LogP contribution in [0.4, 0.5) is 0 Å². The molecule has 0 saturated heterocycles. The Bertz CT molecular complexity index is 366. The Morgan fingerprint density at radius 2 is 1.83 bits per heavy atom. The lowest BCUT2D eigenvalue weighted by Gasteiger charge is -2.24. The number of hydrogen-bond donors (Lipinski definition) is 1. The van der Waals surface area contributed by atoms with Crippen LogP contribution in [0.2, 0.25) is 0 Å². The fourth-order valence-corrected chi connectivity index (χ4v) is 2.71.